The van der Waals surface area contributed by atoms with Crippen molar-refractivity contribution in [1.29, 1.82) is 0 Å². The molecule has 2 aromatic rings. The van der Waals surface area contributed by atoms with Crippen molar-refractivity contribution in [2.45, 2.75) is 59.0 Å². The lowest BCUT2D eigenvalue weighted by Gasteiger charge is -2.35. The average Bonchev–Trinajstić information content (AvgIpc) is 3.02. The second-order valence-corrected chi connectivity index (χ2v) is 13.0. The maximum atomic E-state index is 12.6. The highest BCUT2D eigenvalue weighted by atomic mass is 28.4. The summed E-state index contributed by atoms with van der Waals surface area (Å²) in [5.41, 5.74) is 1.83. The molecule has 8 heteroatoms. The van der Waals surface area contributed by atoms with Gasteiger partial charge in [0, 0.05) is 0 Å². The van der Waals surface area contributed by atoms with Crippen LogP contribution in [0.4, 0.5) is 0 Å². The van der Waals surface area contributed by atoms with Crippen molar-refractivity contribution in [2.24, 2.45) is 0 Å². The molecule has 28 heavy (non-hydrogen) atoms. The van der Waals surface area contributed by atoms with Crippen LogP contribution in [0.25, 0.3) is 0 Å². The first kappa shape index (κ1) is 22.1. The first-order chi connectivity index (χ1) is 13.1. The number of rotatable bonds is 8. The fourth-order valence-corrected chi connectivity index (χ4v) is 3.28. The molecule has 1 heterocycles. The number of esters is 1. The third-order valence-corrected chi connectivity index (χ3v) is 9.62. The molecule has 0 bridgehead atoms. The highest BCUT2D eigenvalue weighted by Crippen LogP contribution is 2.37. The van der Waals surface area contributed by atoms with Crippen LogP contribution in [0.15, 0.2) is 24.3 Å². The van der Waals surface area contributed by atoms with E-state index in [1.165, 1.54) is 0 Å². The molecule has 0 aliphatic heterocycles. The lowest BCUT2D eigenvalue weighted by Crippen LogP contribution is -2.40. The van der Waals surface area contributed by atoms with E-state index in [4.69, 9.17) is 13.9 Å². The molecule has 0 saturated carbocycles. The number of hydrogen-bond donors (Lipinski definition) is 0. The average molecular weight is 406 g/mol. The van der Waals surface area contributed by atoms with Crippen molar-refractivity contribution in [3.8, 4) is 5.75 Å². The van der Waals surface area contributed by atoms with Crippen LogP contribution >= 0.6 is 0 Å². The van der Waals surface area contributed by atoms with Crippen LogP contribution in [-0.4, -0.2) is 43.0 Å². The van der Waals surface area contributed by atoms with Crippen LogP contribution in [0.1, 0.15) is 49.4 Å². The number of ether oxygens (including phenoxy) is 2. The summed E-state index contributed by atoms with van der Waals surface area (Å²) in [5.74, 6) is 0.339. The molecule has 0 aliphatic rings. The highest BCUT2D eigenvalue weighted by molar-refractivity contribution is 6.74. The number of aromatic nitrogens is 3. The summed E-state index contributed by atoms with van der Waals surface area (Å²) in [4.78, 5) is 12.6. The van der Waals surface area contributed by atoms with Crippen LogP contribution in [0.5, 0.6) is 5.75 Å². The maximum Gasteiger partial charge on any atom is 0.358 e. The van der Waals surface area contributed by atoms with Gasteiger partial charge in [0.05, 0.1) is 26.9 Å². The number of methoxy groups -OCH3 is 1. The Kier molecular flexibility index (Phi) is 7.00. The van der Waals surface area contributed by atoms with Gasteiger partial charge in [-0.05, 0) is 42.8 Å². The summed E-state index contributed by atoms with van der Waals surface area (Å²) < 4.78 is 18.2. The Hall–Kier alpha value is -2.19. The Morgan fingerprint density at radius 1 is 1.18 bits per heavy atom. The van der Waals surface area contributed by atoms with Crippen molar-refractivity contribution < 1.29 is 18.7 Å². The van der Waals surface area contributed by atoms with Gasteiger partial charge in [-0.2, -0.15) is 0 Å². The second-order valence-electron chi connectivity index (χ2n) is 8.16. The van der Waals surface area contributed by atoms with Gasteiger partial charge >= 0.3 is 5.97 Å². The van der Waals surface area contributed by atoms with E-state index in [9.17, 15) is 4.79 Å². The molecule has 1 aromatic carbocycles. The zero-order chi connectivity index (χ0) is 20.9. The molecule has 1 aromatic heterocycles. The van der Waals surface area contributed by atoms with Gasteiger partial charge in [0.2, 0.25) is 0 Å². The predicted molar refractivity (Wildman–Crippen MR) is 110 cm³/mol. The van der Waals surface area contributed by atoms with Gasteiger partial charge in [-0.15, -0.1) is 5.10 Å². The van der Waals surface area contributed by atoms with Crippen LogP contribution in [0, 0.1) is 0 Å². The van der Waals surface area contributed by atoms with Crippen molar-refractivity contribution >= 4 is 14.3 Å². The second kappa shape index (κ2) is 8.87. The fourth-order valence-electron chi connectivity index (χ4n) is 2.35. The first-order valence-electron chi connectivity index (χ1n) is 9.45. The van der Waals surface area contributed by atoms with E-state index in [0.29, 0.717) is 17.9 Å². The number of carbonyl (C=O) groups is 1. The van der Waals surface area contributed by atoms with Gasteiger partial charge in [-0.3, -0.25) is 0 Å². The third-order valence-electron chi connectivity index (χ3n) is 5.14. The molecule has 0 fully saturated rings. The lowest BCUT2D eigenvalue weighted by atomic mass is 10.2. The van der Waals surface area contributed by atoms with Crippen molar-refractivity contribution in [3.63, 3.8) is 0 Å². The van der Waals surface area contributed by atoms with Gasteiger partial charge in [0.1, 0.15) is 11.4 Å². The fraction of sp³-hybridized carbons (Fsp3) is 0.550. The van der Waals surface area contributed by atoms with E-state index in [1.54, 1.807) is 18.7 Å². The number of nitrogens with zero attached hydrogens (tertiary/aromatic N) is 3. The minimum Gasteiger partial charge on any atom is -0.497 e. The normalized spacial score (nSPS) is 12.1. The Morgan fingerprint density at radius 3 is 2.36 bits per heavy atom. The van der Waals surface area contributed by atoms with E-state index in [0.717, 1.165) is 11.3 Å². The van der Waals surface area contributed by atoms with Crippen LogP contribution < -0.4 is 4.74 Å². The maximum absolute atomic E-state index is 12.6. The van der Waals surface area contributed by atoms with Crippen LogP contribution in [0.3, 0.4) is 0 Å². The third kappa shape index (κ3) is 5.20. The number of carbonyl (C=O) groups excluding carboxylic acids is 1. The molecule has 2 rings (SSSR count). The Labute approximate surface area is 168 Å². The van der Waals surface area contributed by atoms with E-state index >= 15 is 0 Å². The summed E-state index contributed by atoms with van der Waals surface area (Å²) in [7, 11) is -0.357. The SMILES string of the molecule is CCOC(=O)c1c(CO[Si](C)(C)C(C)(C)C)nnn1Cc1ccc(OC)cc1. The standard InChI is InChI=1S/C20H31N3O4Si/c1-8-26-19(24)18-17(14-27-28(6,7)20(2,3)4)21-22-23(18)13-15-9-11-16(25-5)12-10-15/h9-12H,8,13-14H2,1-7H3. The molecule has 0 amide bonds. The smallest absolute Gasteiger partial charge is 0.358 e. The Morgan fingerprint density at radius 2 is 1.82 bits per heavy atom. The molecule has 0 saturated heterocycles. The van der Waals surface area contributed by atoms with Gasteiger partial charge < -0.3 is 13.9 Å². The molecule has 0 radical (unpaired) electrons. The molecule has 0 spiro atoms. The quantitative estimate of drug-likeness (QED) is 0.487. The summed E-state index contributed by atoms with van der Waals surface area (Å²) in [6.45, 7) is 13.6. The minimum absolute atomic E-state index is 0.0657. The van der Waals surface area contributed by atoms with Gasteiger partial charge in [0.15, 0.2) is 14.0 Å². The molecular weight excluding hydrogens is 374 g/mol. The Balaban J connectivity index is 2.27. The number of benzene rings is 1. The zero-order valence-electron chi connectivity index (χ0n) is 17.9. The van der Waals surface area contributed by atoms with Crippen molar-refractivity contribution in [3.05, 3.63) is 41.2 Å². The lowest BCUT2D eigenvalue weighted by molar-refractivity contribution is 0.0509. The largest absolute Gasteiger partial charge is 0.497 e. The zero-order valence-corrected chi connectivity index (χ0v) is 18.9. The predicted octanol–water partition coefficient (Wildman–Crippen LogP) is 4.03. The van der Waals surface area contributed by atoms with Crippen molar-refractivity contribution in [2.75, 3.05) is 13.7 Å². The van der Waals surface area contributed by atoms with Gasteiger partial charge in [-0.25, -0.2) is 9.48 Å². The summed E-state index contributed by atoms with van der Waals surface area (Å²) in [6, 6.07) is 7.61. The van der Waals surface area contributed by atoms with E-state index in [2.05, 4.69) is 44.2 Å². The van der Waals surface area contributed by atoms with Crippen molar-refractivity contribution in [1.82, 2.24) is 15.0 Å². The summed E-state index contributed by atoms with van der Waals surface area (Å²) >= 11 is 0. The highest BCUT2D eigenvalue weighted by Gasteiger charge is 2.37. The summed E-state index contributed by atoms with van der Waals surface area (Å²) in [5, 5.41) is 8.48. The van der Waals surface area contributed by atoms with E-state index in [-0.39, 0.29) is 18.3 Å². The first-order valence-corrected chi connectivity index (χ1v) is 12.4. The molecule has 0 aliphatic carbocycles. The van der Waals surface area contributed by atoms with E-state index in [1.807, 2.05) is 24.3 Å². The van der Waals surface area contributed by atoms with E-state index < -0.39 is 14.3 Å². The topological polar surface area (TPSA) is 75.5 Å². The summed E-state index contributed by atoms with van der Waals surface area (Å²) in [6.07, 6.45) is 0. The molecule has 0 N–H and O–H groups in total. The molecule has 154 valence electrons. The number of hydrogen-bond acceptors (Lipinski definition) is 6. The monoisotopic (exact) mass is 405 g/mol. The molecule has 7 nitrogen and oxygen atoms in total. The Bertz CT molecular complexity index is 795. The molecular formula is C20H31N3O4Si. The van der Waals surface area contributed by atoms with Gasteiger partial charge in [0.25, 0.3) is 0 Å². The van der Waals surface area contributed by atoms with Gasteiger partial charge in [-0.1, -0.05) is 38.1 Å². The van der Waals surface area contributed by atoms with Crippen LogP contribution in [0.2, 0.25) is 18.1 Å². The van der Waals surface area contributed by atoms with Crippen LogP contribution in [-0.2, 0) is 22.3 Å². The minimum atomic E-state index is -1.98. The molecule has 0 atom stereocenters. The molecule has 0 unspecified atom stereocenters.